The van der Waals surface area contributed by atoms with Crippen LogP contribution in [-0.4, -0.2) is 12.2 Å². The topological polar surface area (TPSA) is 35.5 Å². The van der Waals surface area contributed by atoms with Crippen molar-refractivity contribution in [3.05, 3.63) is 11.9 Å². The summed E-state index contributed by atoms with van der Waals surface area (Å²) in [5, 5.41) is 0. The Labute approximate surface area is 167 Å². The van der Waals surface area contributed by atoms with Crippen molar-refractivity contribution in [3.63, 3.8) is 0 Å². The zero-order chi connectivity index (χ0) is 20.0. The molecule has 4 bridgehead atoms. The first-order valence-electron chi connectivity index (χ1n) is 11.1. The van der Waals surface area contributed by atoms with E-state index in [1.807, 2.05) is 27.7 Å². The van der Waals surface area contributed by atoms with E-state index in [4.69, 9.17) is 9.05 Å². The molecule has 3 aliphatic rings. The van der Waals surface area contributed by atoms with Crippen LogP contribution in [0.5, 0.6) is 0 Å². The Morgan fingerprint density at radius 1 is 1.04 bits per heavy atom. The van der Waals surface area contributed by atoms with Gasteiger partial charge in [0.1, 0.15) is 0 Å². The second-order valence-electron chi connectivity index (χ2n) is 10.8. The van der Waals surface area contributed by atoms with Gasteiger partial charge < -0.3 is 9.05 Å². The lowest BCUT2D eigenvalue weighted by atomic mass is 9.64. The van der Waals surface area contributed by atoms with Gasteiger partial charge in [-0.25, -0.2) is 0 Å². The molecule has 0 radical (unpaired) electrons. The molecule has 27 heavy (non-hydrogen) atoms. The maximum Gasteiger partial charge on any atom is 0.354 e. The summed E-state index contributed by atoms with van der Waals surface area (Å²) in [5.74, 6) is 5.05. The smallest absolute Gasteiger partial charge is 0.303 e. The van der Waals surface area contributed by atoms with Crippen LogP contribution in [0.2, 0.25) is 0 Å². The number of hydrogen-bond donors (Lipinski definition) is 0. The fraction of sp³-hybridized carbons (Fsp3) is 0.913. The van der Waals surface area contributed by atoms with Gasteiger partial charge >= 0.3 is 7.60 Å². The predicted molar refractivity (Wildman–Crippen MR) is 113 cm³/mol. The first-order valence-corrected chi connectivity index (χ1v) is 12.7. The second kappa shape index (κ2) is 7.62. The Morgan fingerprint density at radius 3 is 2.26 bits per heavy atom. The molecule has 0 aromatic carbocycles. The van der Waals surface area contributed by atoms with E-state index in [1.54, 1.807) is 5.82 Å². The summed E-state index contributed by atoms with van der Waals surface area (Å²) in [6.07, 6.45) is 9.81. The van der Waals surface area contributed by atoms with Crippen molar-refractivity contribution in [2.75, 3.05) is 0 Å². The lowest BCUT2D eigenvalue weighted by Gasteiger charge is -2.41. The Kier molecular flexibility index (Phi) is 6.09. The lowest BCUT2D eigenvalue weighted by molar-refractivity contribution is 0.0878. The standard InChI is InChI=1S/C23H41O3P/c1-16(2)25-27(24,26-17(3)4)15-8-10-19-18-11-12-20-21(18)22(5,6)13-9-14-23(19,20)7/h8,15-21H,9-14H2,1-7H3/b15-8+/t18-,19+,20-,21+,23-/m1/s1. The molecular weight excluding hydrogens is 355 g/mol. The molecule has 0 unspecified atom stereocenters. The van der Waals surface area contributed by atoms with E-state index in [0.717, 1.165) is 24.2 Å². The third-order valence-corrected chi connectivity index (χ3v) is 9.76. The molecule has 0 aliphatic heterocycles. The summed E-state index contributed by atoms with van der Waals surface area (Å²) < 4.78 is 24.5. The van der Waals surface area contributed by atoms with Gasteiger partial charge in [-0.05, 0) is 94.3 Å². The van der Waals surface area contributed by atoms with Crippen LogP contribution in [0.4, 0.5) is 0 Å². The van der Waals surface area contributed by atoms with E-state index in [2.05, 4.69) is 26.8 Å². The van der Waals surface area contributed by atoms with Gasteiger partial charge in [0.25, 0.3) is 0 Å². The van der Waals surface area contributed by atoms with E-state index >= 15 is 0 Å². The van der Waals surface area contributed by atoms with Crippen LogP contribution in [0.3, 0.4) is 0 Å². The highest BCUT2D eigenvalue weighted by molar-refractivity contribution is 7.57. The van der Waals surface area contributed by atoms with E-state index in [-0.39, 0.29) is 12.2 Å². The highest BCUT2D eigenvalue weighted by Gasteiger charge is 2.64. The third kappa shape index (κ3) is 4.12. The van der Waals surface area contributed by atoms with E-state index in [9.17, 15) is 4.57 Å². The minimum absolute atomic E-state index is 0.109. The second-order valence-corrected chi connectivity index (χ2v) is 12.6. The van der Waals surface area contributed by atoms with Crippen molar-refractivity contribution in [1.29, 1.82) is 0 Å². The molecule has 0 amide bonds. The average Bonchev–Trinajstić information content (AvgIpc) is 2.99. The number of hydrogen-bond acceptors (Lipinski definition) is 3. The van der Waals surface area contributed by atoms with Crippen LogP contribution in [0.15, 0.2) is 11.9 Å². The Hall–Kier alpha value is -0.110. The fourth-order valence-electron chi connectivity index (χ4n) is 7.03. The summed E-state index contributed by atoms with van der Waals surface area (Å²) in [6.45, 7) is 15.2. The minimum atomic E-state index is -3.17. The molecule has 3 aliphatic carbocycles. The Morgan fingerprint density at radius 2 is 1.67 bits per heavy atom. The SMILES string of the molecule is CC(C)OP(=O)(/C=C/C[C@H]1[C@H]2CC[C@@H]3[C@H]2C(C)(C)CCC[C@@]31C)OC(C)C. The molecule has 3 saturated carbocycles. The van der Waals surface area contributed by atoms with Gasteiger partial charge in [0, 0.05) is 5.82 Å². The van der Waals surface area contributed by atoms with Crippen molar-refractivity contribution in [3.8, 4) is 0 Å². The normalized spacial score (nSPS) is 38.3. The van der Waals surface area contributed by atoms with Crippen molar-refractivity contribution in [2.45, 2.75) is 99.2 Å². The van der Waals surface area contributed by atoms with Gasteiger partial charge in [-0.3, -0.25) is 4.57 Å². The molecule has 3 nitrogen and oxygen atoms in total. The maximum absolute atomic E-state index is 13.1. The van der Waals surface area contributed by atoms with Gasteiger partial charge in [-0.2, -0.15) is 0 Å². The van der Waals surface area contributed by atoms with Gasteiger partial charge in [-0.15, -0.1) is 0 Å². The minimum Gasteiger partial charge on any atom is -0.303 e. The third-order valence-electron chi connectivity index (χ3n) is 7.75. The predicted octanol–water partition coefficient (Wildman–Crippen LogP) is 7.42. The average molecular weight is 397 g/mol. The fourth-order valence-corrected chi connectivity index (χ4v) is 8.78. The monoisotopic (exact) mass is 396 g/mol. The van der Waals surface area contributed by atoms with E-state index in [0.29, 0.717) is 16.7 Å². The van der Waals surface area contributed by atoms with Crippen LogP contribution in [0.25, 0.3) is 0 Å². The first-order chi connectivity index (χ1) is 12.5. The Balaban J connectivity index is 1.77. The first kappa shape index (κ1) is 21.6. The van der Waals surface area contributed by atoms with Gasteiger partial charge in [0.05, 0.1) is 12.2 Å². The molecule has 4 heteroatoms. The molecular formula is C23H41O3P. The molecule has 5 atom stereocenters. The van der Waals surface area contributed by atoms with Crippen molar-refractivity contribution in [2.24, 2.45) is 34.5 Å². The van der Waals surface area contributed by atoms with Crippen molar-refractivity contribution >= 4 is 7.60 Å². The molecule has 0 heterocycles. The van der Waals surface area contributed by atoms with E-state index in [1.165, 1.54) is 32.1 Å². The van der Waals surface area contributed by atoms with Gasteiger partial charge in [0.15, 0.2) is 0 Å². The van der Waals surface area contributed by atoms with Crippen molar-refractivity contribution in [1.82, 2.24) is 0 Å². The largest absolute Gasteiger partial charge is 0.354 e. The number of allylic oxidation sites excluding steroid dienone is 1. The highest BCUT2D eigenvalue weighted by atomic mass is 31.2. The molecule has 156 valence electrons. The van der Waals surface area contributed by atoms with Crippen LogP contribution >= 0.6 is 7.60 Å². The number of rotatable bonds is 7. The summed E-state index contributed by atoms with van der Waals surface area (Å²) >= 11 is 0. The molecule has 0 aromatic heterocycles. The van der Waals surface area contributed by atoms with Crippen LogP contribution in [0.1, 0.15) is 87.0 Å². The summed E-state index contributed by atoms with van der Waals surface area (Å²) in [6, 6.07) is 0. The summed E-state index contributed by atoms with van der Waals surface area (Å²) in [4.78, 5) is 0. The van der Waals surface area contributed by atoms with Crippen molar-refractivity contribution < 1.29 is 13.6 Å². The maximum atomic E-state index is 13.1. The lowest BCUT2D eigenvalue weighted by Crippen LogP contribution is -2.33. The van der Waals surface area contributed by atoms with Crippen LogP contribution in [0, 0.1) is 34.5 Å². The molecule has 0 spiro atoms. The molecule has 3 fully saturated rings. The zero-order valence-corrected chi connectivity index (χ0v) is 19.4. The van der Waals surface area contributed by atoms with Gasteiger partial charge in [-0.1, -0.05) is 33.3 Å². The summed E-state index contributed by atoms with van der Waals surface area (Å²) in [5.41, 5.74) is 0.923. The molecule has 0 aromatic rings. The Bertz CT molecular complexity index is 595. The van der Waals surface area contributed by atoms with Crippen LogP contribution < -0.4 is 0 Å². The molecule has 3 rings (SSSR count). The van der Waals surface area contributed by atoms with Gasteiger partial charge in [0.2, 0.25) is 0 Å². The van der Waals surface area contributed by atoms with E-state index < -0.39 is 7.60 Å². The molecule has 0 N–H and O–H groups in total. The highest BCUT2D eigenvalue weighted by Crippen LogP contribution is 2.71. The molecule has 0 saturated heterocycles. The quantitative estimate of drug-likeness (QED) is 0.420. The zero-order valence-electron chi connectivity index (χ0n) is 18.5. The van der Waals surface area contributed by atoms with Crippen LogP contribution in [-0.2, 0) is 13.6 Å². The summed E-state index contributed by atoms with van der Waals surface area (Å²) in [7, 11) is -3.17.